The summed E-state index contributed by atoms with van der Waals surface area (Å²) < 4.78 is 0. The van der Waals surface area contributed by atoms with Crippen LogP contribution in [0.4, 0.5) is 0 Å². The molecule has 0 bridgehead atoms. The van der Waals surface area contributed by atoms with E-state index in [1.807, 2.05) is 36.2 Å². The molecule has 4 nitrogen and oxygen atoms in total. The van der Waals surface area contributed by atoms with Crippen LogP contribution in [0.1, 0.15) is 67.8 Å². The number of carbonyl (C=O) groups excluding carboxylic acids is 2. The number of ketones is 1. The van der Waals surface area contributed by atoms with Crippen molar-refractivity contribution in [2.24, 2.45) is 0 Å². The first-order valence-corrected chi connectivity index (χ1v) is 9.70. The average Bonchev–Trinajstić information content (AvgIpc) is 2.66. The Morgan fingerprint density at radius 2 is 1.73 bits per heavy atom. The summed E-state index contributed by atoms with van der Waals surface area (Å²) in [6.07, 6.45) is 7.32. The number of amides is 1. The SMILES string of the molecule is CCCCCc1ccc(C(=O)CCC(=O)N(C)C2CCNCC2)cc1.Cl. The predicted octanol–water partition coefficient (Wildman–Crippen LogP) is 4.01. The minimum absolute atomic E-state index is 0. The molecule has 1 aliphatic rings. The Morgan fingerprint density at radius 3 is 2.35 bits per heavy atom. The molecule has 0 spiro atoms. The lowest BCUT2D eigenvalue weighted by Crippen LogP contribution is -2.44. The maximum Gasteiger partial charge on any atom is 0.223 e. The Balaban J connectivity index is 0.00000338. The fourth-order valence-corrected chi connectivity index (χ4v) is 3.38. The second-order valence-corrected chi connectivity index (χ2v) is 7.06. The molecule has 0 aromatic heterocycles. The van der Waals surface area contributed by atoms with Crippen LogP contribution in [-0.2, 0) is 11.2 Å². The number of unbranched alkanes of at least 4 members (excludes halogenated alkanes) is 2. The van der Waals surface area contributed by atoms with Gasteiger partial charge in [0.15, 0.2) is 5.78 Å². The summed E-state index contributed by atoms with van der Waals surface area (Å²) in [6.45, 7) is 4.13. The monoisotopic (exact) mass is 380 g/mol. The van der Waals surface area contributed by atoms with Gasteiger partial charge in [-0.3, -0.25) is 9.59 Å². The number of nitrogens with zero attached hydrogens (tertiary/aromatic N) is 1. The molecule has 1 N–H and O–H groups in total. The van der Waals surface area contributed by atoms with Crippen LogP contribution < -0.4 is 5.32 Å². The molecule has 0 saturated carbocycles. The van der Waals surface area contributed by atoms with Crippen molar-refractivity contribution in [1.82, 2.24) is 10.2 Å². The number of carbonyl (C=O) groups is 2. The molecule has 0 radical (unpaired) electrons. The number of hydrogen-bond acceptors (Lipinski definition) is 3. The van der Waals surface area contributed by atoms with E-state index >= 15 is 0 Å². The van der Waals surface area contributed by atoms with E-state index in [-0.39, 0.29) is 24.1 Å². The molecular weight excluding hydrogens is 348 g/mol. The Hall–Kier alpha value is -1.39. The Labute approximate surface area is 164 Å². The third-order valence-corrected chi connectivity index (χ3v) is 5.16. The number of benzene rings is 1. The quantitative estimate of drug-likeness (QED) is 0.520. The smallest absolute Gasteiger partial charge is 0.223 e. The third-order valence-electron chi connectivity index (χ3n) is 5.16. The summed E-state index contributed by atoms with van der Waals surface area (Å²) >= 11 is 0. The molecule has 0 aliphatic carbocycles. The second-order valence-electron chi connectivity index (χ2n) is 7.06. The van der Waals surface area contributed by atoms with E-state index in [9.17, 15) is 9.59 Å². The molecule has 1 fully saturated rings. The number of piperidine rings is 1. The lowest BCUT2D eigenvalue weighted by Gasteiger charge is -2.31. The number of Topliss-reactive ketones (excluding diaryl/α,β-unsaturated/α-hetero) is 1. The van der Waals surface area contributed by atoms with E-state index in [1.54, 1.807) is 0 Å². The Kier molecular flexibility index (Phi) is 10.5. The summed E-state index contributed by atoms with van der Waals surface area (Å²) in [5.74, 6) is 0.142. The normalized spacial score (nSPS) is 14.5. The minimum Gasteiger partial charge on any atom is -0.343 e. The van der Waals surface area contributed by atoms with Gasteiger partial charge in [-0.2, -0.15) is 0 Å². The van der Waals surface area contributed by atoms with Crippen molar-refractivity contribution >= 4 is 24.1 Å². The van der Waals surface area contributed by atoms with Crippen LogP contribution in [0, 0.1) is 0 Å². The van der Waals surface area contributed by atoms with E-state index in [1.165, 1.54) is 24.8 Å². The molecule has 1 saturated heterocycles. The van der Waals surface area contributed by atoms with Gasteiger partial charge < -0.3 is 10.2 Å². The second kappa shape index (κ2) is 12.1. The topological polar surface area (TPSA) is 49.4 Å². The molecule has 0 unspecified atom stereocenters. The Morgan fingerprint density at radius 1 is 1.08 bits per heavy atom. The zero-order valence-electron chi connectivity index (χ0n) is 16.1. The van der Waals surface area contributed by atoms with Gasteiger partial charge in [0.05, 0.1) is 0 Å². The van der Waals surface area contributed by atoms with Crippen molar-refractivity contribution in [1.29, 1.82) is 0 Å². The van der Waals surface area contributed by atoms with Crippen molar-refractivity contribution < 1.29 is 9.59 Å². The van der Waals surface area contributed by atoms with Gasteiger partial charge in [0.2, 0.25) is 5.91 Å². The summed E-state index contributed by atoms with van der Waals surface area (Å²) in [7, 11) is 1.87. The molecule has 1 heterocycles. The van der Waals surface area contributed by atoms with Crippen LogP contribution in [-0.4, -0.2) is 42.8 Å². The van der Waals surface area contributed by atoms with Crippen molar-refractivity contribution in [3.05, 3.63) is 35.4 Å². The van der Waals surface area contributed by atoms with E-state index in [0.29, 0.717) is 18.9 Å². The van der Waals surface area contributed by atoms with Gasteiger partial charge in [-0.25, -0.2) is 0 Å². The number of hydrogen-bond donors (Lipinski definition) is 1. The van der Waals surface area contributed by atoms with Crippen LogP contribution in [0.25, 0.3) is 0 Å². The highest BCUT2D eigenvalue weighted by Gasteiger charge is 2.22. The van der Waals surface area contributed by atoms with Gasteiger partial charge in [-0.15, -0.1) is 12.4 Å². The lowest BCUT2D eigenvalue weighted by atomic mass is 10.0. The largest absolute Gasteiger partial charge is 0.343 e. The van der Waals surface area contributed by atoms with Crippen LogP contribution in [0.3, 0.4) is 0 Å². The maximum atomic E-state index is 12.3. The Bertz CT molecular complexity index is 554. The zero-order valence-corrected chi connectivity index (χ0v) is 16.9. The first kappa shape index (κ1) is 22.7. The molecule has 1 aliphatic heterocycles. The van der Waals surface area contributed by atoms with Crippen LogP contribution in [0.5, 0.6) is 0 Å². The molecule has 1 amide bonds. The fourth-order valence-electron chi connectivity index (χ4n) is 3.38. The van der Waals surface area contributed by atoms with Gasteiger partial charge in [0, 0.05) is 31.5 Å². The van der Waals surface area contributed by atoms with Gasteiger partial charge >= 0.3 is 0 Å². The van der Waals surface area contributed by atoms with Crippen LogP contribution >= 0.6 is 12.4 Å². The summed E-state index contributed by atoms with van der Waals surface area (Å²) in [5, 5.41) is 3.31. The first-order valence-electron chi connectivity index (χ1n) is 9.70. The summed E-state index contributed by atoms with van der Waals surface area (Å²) in [6, 6.07) is 8.22. The van der Waals surface area contributed by atoms with Crippen molar-refractivity contribution in [3.8, 4) is 0 Å². The first-order chi connectivity index (χ1) is 12.1. The summed E-state index contributed by atoms with van der Waals surface area (Å²) in [4.78, 5) is 26.5. The highest BCUT2D eigenvalue weighted by molar-refractivity contribution is 5.98. The predicted molar refractivity (Wildman–Crippen MR) is 109 cm³/mol. The van der Waals surface area contributed by atoms with Gasteiger partial charge in [-0.1, -0.05) is 44.0 Å². The van der Waals surface area contributed by atoms with E-state index in [4.69, 9.17) is 0 Å². The van der Waals surface area contributed by atoms with Gasteiger partial charge in [0.1, 0.15) is 0 Å². The number of aryl methyl sites for hydroxylation is 1. The van der Waals surface area contributed by atoms with E-state index < -0.39 is 0 Å². The standard InChI is InChI=1S/C21H32N2O2.ClH/c1-3-4-5-6-17-7-9-18(10-8-17)20(24)11-12-21(25)23(2)19-13-15-22-16-14-19;/h7-10,19,22H,3-6,11-16H2,1-2H3;1H. The molecule has 2 rings (SSSR count). The van der Waals surface area contributed by atoms with E-state index in [0.717, 1.165) is 37.9 Å². The molecule has 1 aromatic carbocycles. The average molecular weight is 381 g/mol. The van der Waals surface area contributed by atoms with Crippen molar-refractivity contribution in [3.63, 3.8) is 0 Å². The zero-order chi connectivity index (χ0) is 18.1. The third kappa shape index (κ3) is 7.08. The lowest BCUT2D eigenvalue weighted by molar-refractivity contribution is -0.132. The number of halogens is 1. The highest BCUT2D eigenvalue weighted by Crippen LogP contribution is 2.14. The highest BCUT2D eigenvalue weighted by atomic mass is 35.5. The molecule has 5 heteroatoms. The molecule has 1 aromatic rings. The molecule has 26 heavy (non-hydrogen) atoms. The van der Waals surface area contributed by atoms with E-state index in [2.05, 4.69) is 12.2 Å². The van der Waals surface area contributed by atoms with Crippen LogP contribution in [0.15, 0.2) is 24.3 Å². The maximum absolute atomic E-state index is 12.3. The fraction of sp³-hybridized carbons (Fsp3) is 0.619. The number of rotatable bonds is 9. The van der Waals surface area contributed by atoms with Gasteiger partial charge in [0.25, 0.3) is 0 Å². The minimum atomic E-state index is 0. The van der Waals surface area contributed by atoms with Crippen LogP contribution in [0.2, 0.25) is 0 Å². The summed E-state index contributed by atoms with van der Waals surface area (Å²) in [5.41, 5.74) is 2.00. The van der Waals surface area contributed by atoms with Crippen molar-refractivity contribution in [2.75, 3.05) is 20.1 Å². The van der Waals surface area contributed by atoms with Gasteiger partial charge in [-0.05, 0) is 44.3 Å². The number of nitrogens with one attached hydrogen (secondary N) is 1. The molecule has 0 atom stereocenters. The molecule has 146 valence electrons. The molecular formula is C21H33ClN2O2. The van der Waals surface area contributed by atoms with Crippen molar-refractivity contribution in [2.45, 2.75) is 64.3 Å².